The molecular weight excluding hydrogens is 376 g/mol. The van der Waals surface area contributed by atoms with Gasteiger partial charge in [-0.1, -0.05) is 40.2 Å². The molecule has 0 saturated heterocycles. The molecule has 0 aliphatic carbocycles. The number of benzene rings is 2. The zero-order valence-electron chi connectivity index (χ0n) is 12.7. The SMILES string of the molecule is O=S(=O)(NCCN1CCc2ccccc2C1)c1ccc(Br)cc1. The Morgan fingerprint density at radius 3 is 2.48 bits per heavy atom. The van der Waals surface area contributed by atoms with Gasteiger partial charge >= 0.3 is 0 Å². The predicted molar refractivity (Wildman–Crippen MR) is 94.8 cm³/mol. The molecule has 1 heterocycles. The van der Waals surface area contributed by atoms with Crippen LogP contribution in [0.15, 0.2) is 57.9 Å². The molecule has 0 fully saturated rings. The third-order valence-electron chi connectivity index (χ3n) is 4.05. The van der Waals surface area contributed by atoms with Crippen LogP contribution in [0.2, 0.25) is 0 Å². The van der Waals surface area contributed by atoms with Crippen LogP contribution in [0.5, 0.6) is 0 Å². The number of sulfonamides is 1. The molecule has 0 aromatic heterocycles. The Morgan fingerprint density at radius 2 is 1.74 bits per heavy atom. The van der Waals surface area contributed by atoms with E-state index < -0.39 is 10.0 Å². The van der Waals surface area contributed by atoms with Crippen LogP contribution in [-0.2, 0) is 23.0 Å². The van der Waals surface area contributed by atoms with E-state index >= 15 is 0 Å². The molecule has 2 aromatic rings. The summed E-state index contributed by atoms with van der Waals surface area (Å²) >= 11 is 3.31. The van der Waals surface area contributed by atoms with Gasteiger partial charge in [0.1, 0.15) is 0 Å². The van der Waals surface area contributed by atoms with Gasteiger partial charge in [0.25, 0.3) is 0 Å². The second-order valence-corrected chi connectivity index (χ2v) is 8.33. The van der Waals surface area contributed by atoms with Gasteiger partial charge in [-0.05, 0) is 41.8 Å². The zero-order chi connectivity index (χ0) is 16.3. The van der Waals surface area contributed by atoms with Gasteiger partial charge < -0.3 is 0 Å². The number of fused-ring (bicyclic) bond motifs is 1. The molecule has 0 spiro atoms. The highest BCUT2D eigenvalue weighted by Gasteiger charge is 2.17. The van der Waals surface area contributed by atoms with Gasteiger partial charge in [-0.2, -0.15) is 0 Å². The molecule has 1 N–H and O–H groups in total. The smallest absolute Gasteiger partial charge is 0.240 e. The molecule has 23 heavy (non-hydrogen) atoms. The van der Waals surface area contributed by atoms with E-state index in [0.29, 0.717) is 18.0 Å². The van der Waals surface area contributed by atoms with Crippen molar-refractivity contribution in [3.63, 3.8) is 0 Å². The summed E-state index contributed by atoms with van der Waals surface area (Å²) in [6, 6.07) is 15.1. The van der Waals surface area contributed by atoms with Crippen LogP contribution >= 0.6 is 15.9 Å². The Morgan fingerprint density at radius 1 is 1.04 bits per heavy atom. The molecule has 0 bridgehead atoms. The van der Waals surface area contributed by atoms with Crippen molar-refractivity contribution in [2.75, 3.05) is 19.6 Å². The van der Waals surface area contributed by atoms with E-state index in [0.717, 1.165) is 24.0 Å². The molecule has 6 heteroatoms. The van der Waals surface area contributed by atoms with Crippen molar-refractivity contribution in [3.05, 3.63) is 64.1 Å². The summed E-state index contributed by atoms with van der Waals surface area (Å²) in [5.41, 5.74) is 2.74. The molecule has 4 nitrogen and oxygen atoms in total. The Kier molecular flexibility index (Phi) is 5.16. The minimum absolute atomic E-state index is 0.296. The lowest BCUT2D eigenvalue weighted by atomic mass is 10.0. The van der Waals surface area contributed by atoms with Crippen molar-refractivity contribution in [1.82, 2.24) is 9.62 Å². The molecule has 0 radical (unpaired) electrons. The number of halogens is 1. The molecule has 1 aliphatic heterocycles. The molecule has 0 saturated carbocycles. The van der Waals surface area contributed by atoms with Crippen LogP contribution in [0, 0.1) is 0 Å². The van der Waals surface area contributed by atoms with E-state index in [1.54, 1.807) is 24.3 Å². The van der Waals surface area contributed by atoms with Crippen molar-refractivity contribution < 1.29 is 8.42 Å². The maximum absolute atomic E-state index is 12.2. The molecule has 122 valence electrons. The molecular formula is C17H19BrN2O2S. The van der Waals surface area contributed by atoms with E-state index in [2.05, 4.69) is 49.8 Å². The largest absolute Gasteiger partial charge is 0.297 e. The molecule has 1 aliphatic rings. The second kappa shape index (κ2) is 7.13. The van der Waals surface area contributed by atoms with E-state index in [9.17, 15) is 8.42 Å². The minimum atomic E-state index is -3.44. The minimum Gasteiger partial charge on any atom is -0.297 e. The van der Waals surface area contributed by atoms with Crippen molar-refractivity contribution in [3.8, 4) is 0 Å². The Balaban J connectivity index is 1.55. The van der Waals surface area contributed by atoms with Crippen LogP contribution in [-0.4, -0.2) is 33.0 Å². The van der Waals surface area contributed by atoms with Crippen molar-refractivity contribution in [2.24, 2.45) is 0 Å². The second-order valence-electron chi connectivity index (χ2n) is 5.65. The molecule has 0 amide bonds. The number of nitrogens with one attached hydrogen (secondary N) is 1. The van der Waals surface area contributed by atoms with Crippen LogP contribution in [0.1, 0.15) is 11.1 Å². The number of rotatable bonds is 5. The molecule has 0 unspecified atom stereocenters. The first kappa shape index (κ1) is 16.6. The highest BCUT2D eigenvalue weighted by atomic mass is 79.9. The molecule has 2 aromatic carbocycles. The van der Waals surface area contributed by atoms with Crippen LogP contribution < -0.4 is 4.72 Å². The molecule has 0 atom stereocenters. The maximum atomic E-state index is 12.2. The fourth-order valence-corrected chi connectivity index (χ4v) is 4.07. The Bertz CT molecular complexity index is 775. The first-order valence-electron chi connectivity index (χ1n) is 7.59. The van der Waals surface area contributed by atoms with Crippen molar-refractivity contribution in [2.45, 2.75) is 17.9 Å². The van der Waals surface area contributed by atoms with Gasteiger partial charge in [0.2, 0.25) is 10.0 Å². The Hall–Kier alpha value is -1.21. The Labute approximate surface area is 145 Å². The highest BCUT2D eigenvalue weighted by molar-refractivity contribution is 9.10. The monoisotopic (exact) mass is 394 g/mol. The normalized spacial score (nSPS) is 15.3. The number of nitrogens with zero attached hydrogens (tertiary/aromatic N) is 1. The number of hydrogen-bond donors (Lipinski definition) is 1. The summed E-state index contributed by atoms with van der Waals surface area (Å²) in [5.74, 6) is 0. The first-order chi connectivity index (χ1) is 11.0. The zero-order valence-corrected chi connectivity index (χ0v) is 15.1. The lowest BCUT2D eigenvalue weighted by Crippen LogP contribution is -2.37. The number of hydrogen-bond acceptors (Lipinski definition) is 3. The first-order valence-corrected chi connectivity index (χ1v) is 9.86. The van der Waals surface area contributed by atoms with Crippen LogP contribution in [0.4, 0.5) is 0 Å². The quantitative estimate of drug-likeness (QED) is 0.847. The topological polar surface area (TPSA) is 49.4 Å². The van der Waals surface area contributed by atoms with Crippen LogP contribution in [0.3, 0.4) is 0 Å². The summed E-state index contributed by atoms with van der Waals surface area (Å²) in [5, 5.41) is 0. The van der Waals surface area contributed by atoms with Gasteiger partial charge in [0.05, 0.1) is 4.90 Å². The summed E-state index contributed by atoms with van der Waals surface area (Å²) in [7, 11) is -3.44. The third-order valence-corrected chi connectivity index (χ3v) is 6.06. The lowest BCUT2D eigenvalue weighted by molar-refractivity contribution is 0.258. The van der Waals surface area contributed by atoms with E-state index in [1.807, 2.05) is 0 Å². The average molecular weight is 395 g/mol. The van der Waals surface area contributed by atoms with Gasteiger partial charge in [-0.25, -0.2) is 13.1 Å². The van der Waals surface area contributed by atoms with Gasteiger partial charge in [-0.15, -0.1) is 0 Å². The van der Waals surface area contributed by atoms with E-state index in [4.69, 9.17) is 0 Å². The van der Waals surface area contributed by atoms with Gasteiger partial charge in [0.15, 0.2) is 0 Å². The van der Waals surface area contributed by atoms with E-state index in [1.165, 1.54) is 11.1 Å². The van der Waals surface area contributed by atoms with Gasteiger partial charge in [0, 0.05) is 30.7 Å². The highest BCUT2D eigenvalue weighted by Crippen LogP contribution is 2.18. The summed E-state index contributed by atoms with van der Waals surface area (Å²) in [6.07, 6.45) is 1.02. The van der Waals surface area contributed by atoms with E-state index in [-0.39, 0.29) is 0 Å². The van der Waals surface area contributed by atoms with Gasteiger partial charge in [-0.3, -0.25) is 4.90 Å². The lowest BCUT2D eigenvalue weighted by Gasteiger charge is -2.28. The standard InChI is InChI=1S/C17H19BrN2O2S/c18-16-5-7-17(8-6-16)23(21,22)19-10-12-20-11-9-14-3-1-2-4-15(14)13-20/h1-8,19H,9-13H2. The van der Waals surface area contributed by atoms with Crippen LogP contribution in [0.25, 0.3) is 0 Å². The molecule has 3 rings (SSSR count). The summed E-state index contributed by atoms with van der Waals surface area (Å²) < 4.78 is 28.0. The third kappa shape index (κ3) is 4.20. The predicted octanol–water partition coefficient (Wildman–Crippen LogP) is 2.79. The average Bonchev–Trinajstić information content (AvgIpc) is 2.55. The summed E-state index contributed by atoms with van der Waals surface area (Å²) in [4.78, 5) is 2.58. The maximum Gasteiger partial charge on any atom is 0.240 e. The summed E-state index contributed by atoms with van der Waals surface area (Å²) in [6.45, 7) is 2.98. The van der Waals surface area contributed by atoms with Crippen molar-refractivity contribution in [1.29, 1.82) is 0 Å². The van der Waals surface area contributed by atoms with Crippen molar-refractivity contribution >= 4 is 26.0 Å². The fraction of sp³-hybridized carbons (Fsp3) is 0.294. The fourth-order valence-electron chi connectivity index (χ4n) is 2.78.